The van der Waals surface area contributed by atoms with E-state index in [4.69, 9.17) is 0 Å². The molecule has 0 unspecified atom stereocenters. The molecule has 0 saturated heterocycles. The lowest BCUT2D eigenvalue weighted by Crippen LogP contribution is -2.29. The number of halogens is 1. The van der Waals surface area contributed by atoms with E-state index in [1.807, 2.05) is 0 Å². The number of carbonyl (C=O) groups is 1. The third kappa shape index (κ3) is 3.84. The third-order valence-corrected chi connectivity index (χ3v) is 4.77. The van der Waals surface area contributed by atoms with E-state index in [-0.39, 0.29) is 17.5 Å². The summed E-state index contributed by atoms with van der Waals surface area (Å²) in [5, 5.41) is 7.30. The van der Waals surface area contributed by atoms with Gasteiger partial charge in [0.15, 0.2) is 0 Å². The molecular formula is C14H20BrN3O3. The molecule has 1 heterocycles. The number of ether oxygens (including phenoxy) is 1. The molecule has 0 bridgehead atoms. The maximum atomic E-state index is 12.1. The van der Waals surface area contributed by atoms with Crippen molar-refractivity contribution >= 4 is 27.6 Å². The van der Waals surface area contributed by atoms with Crippen LogP contribution in [0.2, 0.25) is 0 Å². The molecule has 116 valence electrons. The fourth-order valence-electron chi connectivity index (χ4n) is 2.60. The third-order valence-electron chi connectivity index (χ3n) is 4.01. The Balaban J connectivity index is 2.09. The Hall–Kier alpha value is -1.37. The topological polar surface area (TPSA) is 73.2 Å². The molecule has 1 fully saturated rings. The highest BCUT2D eigenvalue weighted by molar-refractivity contribution is 9.10. The van der Waals surface area contributed by atoms with Crippen molar-refractivity contribution < 1.29 is 9.53 Å². The van der Waals surface area contributed by atoms with Gasteiger partial charge in [-0.3, -0.25) is 9.59 Å². The van der Waals surface area contributed by atoms with Gasteiger partial charge in [0.05, 0.1) is 19.0 Å². The van der Waals surface area contributed by atoms with E-state index >= 15 is 0 Å². The van der Waals surface area contributed by atoms with Gasteiger partial charge >= 0.3 is 5.97 Å². The first kappa shape index (κ1) is 16.0. The molecular weight excluding hydrogens is 338 g/mol. The van der Waals surface area contributed by atoms with E-state index in [0.29, 0.717) is 10.2 Å². The average molecular weight is 358 g/mol. The number of methoxy groups -OCH3 is 1. The van der Waals surface area contributed by atoms with Crippen molar-refractivity contribution in [3.05, 3.63) is 21.0 Å². The molecule has 6 nitrogen and oxygen atoms in total. The van der Waals surface area contributed by atoms with Gasteiger partial charge in [-0.1, -0.05) is 19.8 Å². The summed E-state index contributed by atoms with van der Waals surface area (Å²) in [6.45, 7) is 2.88. The minimum Gasteiger partial charge on any atom is -0.468 e. The predicted octanol–water partition coefficient (Wildman–Crippen LogP) is 2.17. The fraction of sp³-hybridized carbons (Fsp3) is 0.643. The molecule has 0 radical (unpaired) electrons. The molecule has 1 aromatic heterocycles. The Kier molecular flexibility index (Phi) is 5.03. The smallest absolute Gasteiger partial charge is 0.327 e. The van der Waals surface area contributed by atoms with Crippen LogP contribution in [0.5, 0.6) is 0 Å². The molecule has 1 N–H and O–H groups in total. The largest absolute Gasteiger partial charge is 0.468 e. The zero-order chi connectivity index (χ0) is 15.5. The van der Waals surface area contributed by atoms with Crippen LogP contribution in [0.4, 0.5) is 5.69 Å². The number of rotatable bonds is 5. The Morgan fingerprint density at radius 3 is 2.81 bits per heavy atom. The van der Waals surface area contributed by atoms with E-state index in [9.17, 15) is 9.59 Å². The van der Waals surface area contributed by atoms with Crippen LogP contribution in [-0.4, -0.2) is 29.4 Å². The Bertz CT molecular complexity index is 579. The second-order valence-corrected chi connectivity index (χ2v) is 6.58. The van der Waals surface area contributed by atoms with Crippen LogP contribution in [0.3, 0.4) is 0 Å². The normalized spacial score (nSPS) is 16.7. The zero-order valence-electron chi connectivity index (χ0n) is 12.3. The summed E-state index contributed by atoms with van der Waals surface area (Å²) in [5.41, 5.74) is 0.594. The minimum absolute atomic E-state index is 0.189. The lowest BCUT2D eigenvalue weighted by molar-refractivity contribution is -0.141. The van der Waals surface area contributed by atoms with Crippen molar-refractivity contribution in [1.82, 2.24) is 9.78 Å². The number of aromatic nitrogens is 2. The molecule has 0 aromatic carbocycles. The minimum atomic E-state index is -0.504. The van der Waals surface area contributed by atoms with Crippen LogP contribution >= 0.6 is 15.9 Å². The van der Waals surface area contributed by atoms with E-state index in [1.165, 1.54) is 32.8 Å². The number of hydrogen-bond acceptors (Lipinski definition) is 5. The van der Waals surface area contributed by atoms with E-state index in [1.54, 1.807) is 6.20 Å². The van der Waals surface area contributed by atoms with Crippen molar-refractivity contribution in [3.8, 4) is 0 Å². The summed E-state index contributed by atoms with van der Waals surface area (Å²) >= 11 is 3.28. The highest BCUT2D eigenvalue weighted by Crippen LogP contribution is 2.37. The molecule has 1 aromatic rings. The summed E-state index contributed by atoms with van der Waals surface area (Å²) in [5.74, 6) is -0.504. The molecule has 0 spiro atoms. The number of hydrogen-bond donors (Lipinski definition) is 1. The molecule has 21 heavy (non-hydrogen) atoms. The summed E-state index contributed by atoms with van der Waals surface area (Å²) in [7, 11) is 1.28. The second kappa shape index (κ2) is 6.60. The molecule has 1 aliphatic rings. The lowest BCUT2D eigenvalue weighted by Gasteiger charge is -2.24. The highest BCUT2D eigenvalue weighted by atomic mass is 79.9. The molecule has 0 amide bonds. The first-order valence-electron chi connectivity index (χ1n) is 7.01. The van der Waals surface area contributed by atoms with Crippen molar-refractivity contribution in [2.45, 2.75) is 39.2 Å². The van der Waals surface area contributed by atoms with Gasteiger partial charge in [0, 0.05) is 6.54 Å². The van der Waals surface area contributed by atoms with Gasteiger partial charge in [-0.2, -0.15) is 5.10 Å². The predicted molar refractivity (Wildman–Crippen MR) is 83.3 cm³/mol. The first-order valence-corrected chi connectivity index (χ1v) is 7.81. The Morgan fingerprint density at radius 1 is 1.52 bits per heavy atom. The van der Waals surface area contributed by atoms with Crippen LogP contribution in [0.25, 0.3) is 0 Å². The molecule has 1 aliphatic carbocycles. The number of anilines is 1. The Labute approximate surface area is 132 Å². The Morgan fingerprint density at radius 2 is 2.19 bits per heavy atom. The van der Waals surface area contributed by atoms with E-state index < -0.39 is 5.97 Å². The quantitative estimate of drug-likeness (QED) is 0.817. The number of esters is 1. The van der Waals surface area contributed by atoms with Crippen LogP contribution in [-0.2, 0) is 16.1 Å². The molecule has 1 saturated carbocycles. The van der Waals surface area contributed by atoms with Crippen molar-refractivity contribution in [3.63, 3.8) is 0 Å². The van der Waals surface area contributed by atoms with E-state index in [2.05, 4.69) is 38.0 Å². The summed E-state index contributed by atoms with van der Waals surface area (Å²) < 4.78 is 6.01. The lowest BCUT2D eigenvalue weighted by atomic mass is 9.89. The van der Waals surface area contributed by atoms with Gasteiger partial charge in [-0.25, -0.2) is 4.68 Å². The summed E-state index contributed by atoms with van der Waals surface area (Å²) in [6.07, 6.45) is 6.48. The monoisotopic (exact) mass is 357 g/mol. The number of nitrogens with zero attached hydrogens (tertiary/aromatic N) is 2. The van der Waals surface area contributed by atoms with Gasteiger partial charge in [0.2, 0.25) is 0 Å². The second-order valence-electron chi connectivity index (χ2n) is 5.78. The van der Waals surface area contributed by atoms with Gasteiger partial charge in [0.1, 0.15) is 11.0 Å². The first-order chi connectivity index (χ1) is 9.95. The van der Waals surface area contributed by atoms with Crippen molar-refractivity contribution in [2.24, 2.45) is 5.41 Å². The molecule has 0 aliphatic heterocycles. The maximum absolute atomic E-state index is 12.1. The van der Waals surface area contributed by atoms with Gasteiger partial charge in [0.25, 0.3) is 5.56 Å². The maximum Gasteiger partial charge on any atom is 0.327 e. The number of carbonyl (C=O) groups excluding carboxylic acids is 1. The van der Waals surface area contributed by atoms with E-state index in [0.717, 1.165) is 11.2 Å². The summed E-state index contributed by atoms with van der Waals surface area (Å²) in [6, 6.07) is 0. The average Bonchev–Trinajstić information content (AvgIpc) is 2.90. The standard InChI is InChI=1S/C14H20BrN3O3/c1-14(5-3-4-6-14)9-16-10-7-17-18(8-11(19)21-2)13(20)12(10)15/h7,16H,3-6,8-9H2,1-2H3. The summed E-state index contributed by atoms with van der Waals surface area (Å²) in [4.78, 5) is 23.3. The highest BCUT2D eigenvalue weighted by Gasteiger charge is 2.28. The molecule has 0 atom stereocenters. The SMILES string of the molecule is COC(=O)Cn1ncc(NCC2(C)CCCC2)c(Br)c1=O. The van der Waals surface area contributed by atoms with Gasteiger partial charge in [-0.15, -0.1) is 0 Å². The van der Waals surface area contributed by atoms with Gasteiger partial charge in [-0.05, 0) is 34.2 Å². The van der Waals surface area contributed by atoms with Crippen LogP contribution in [0.1, 0.15) is 32.6 Å². The fourth-order valence-corrected chi connectivity index (χ4v) is 3.05. The molecule has 2 rings (SSSR count). The van der Waals surface area contributed by atoms with Crippen molar-refractivity contribution in [1.29, 1.82) is 0 Å². The number of nitrogens with one attached hydrogen (secondary N) is 1. The molecule has 7 heteroatoms. The van der Waals surface area contributed by atoms with Gasteiger partial charge < -0.3 is 10.1 Å². The van der Waals surface area contributed by atoms with Crippen LogP contribution < -0.4 is 10.9 Å². The van der Waals surface area contributed by atoms with Crippen LogP contribution in [0.15, 0.2) is 15.5 Å². The van der Waals surface area contributed by atoms with Crippen molar-refractivity contribution in [2.75, 3.05) is 19.0 Å². The van der Waals surface area contributed by atoms with Crippen LogP contribution in [0, 0.1) is 5.41 Å². The zero-order valence-corrected chi connectivity index (χ0v) is 13.9.